The van der Waals surface area contributed by atoms with Gasteiger partial charge in [0.25, 0.3) is 0 Å². The number of rotatable bonds is 3. The summed E-state index contributed by atoms with van der Waals surface area (Å²) in [4.78, 5) is 37.7. The van der Waals surface area contributed by atoms with Gasteiger partial charge < -0.3 is 15.5 Å². The maximum Gasteiger partial charge on any atom is 0.416 e. The number of amides is 3. The molecule has 0 saturated carbocycles. The molecule has 0 spiro atoms. The van der Waals surface area contributed by atoms with Gasteiger partial charge >= 0.3 is 18.0 Å². The summed E-state index contributed by atoms with van der Waals surface area (Å²) in [6, 6.07) is 8.87. The van der Waals surface area contributed by atoms with Gasteiger partial charge in [0.05, 0.1) is 5.56 Å². The zero-order valence-electron chi connectivity index (χ0n) is 15.5. The molecule has 29 heavy (non-hydrogen) atoms. The number of nitrogens with zero attached hydrogens (tertiary/aromatic N) is 1. The maximum absolute atomic E-state index is 12.7. The fourth-order valence-corrected chi connectivity index (χ4v) is 3.09. The number of carbonyl (C=O) groups excluding carboxylic acids is 3. The second-order valence-corrected chi connectivity index (χ2v) is 6.64. The van der Waals surface area contributed by atoms with Crippen LogP contribution in [0.15, 0.2) is 42.5 Å². The Labute approximate surface area is 164 Å². The Hall–Kier alpha value is -3.36. The molecule has 1 saturated heterocycles. The van der Waals surface area contributed by atoms with Gasteiger partial charge in [-0.1, -0.05) is 6.07 Å². The van der Waals surface area contributed by atoms with Crippen molar-refractivity contribution in [2.45, 2.75) is 25.9 Å². The van der Waals surface area contributed by atoms with E-state index in [0.717, 1.165) is 35.9 Å². The summed E-state index contributed by atoms with van der Waals surface area (Å²) in [6.45, 7) is 2.41. The van der Waals surface area contributed by atoms with Crippen LogP contribution in [0.25, 0.3) is 0 Å². The first-order valence-electron chi connectivity index (χ1n) is 8.86. The van der Waals surface area contributed by atoms with E-state index in [1.54, 1.807) is 30.0 Å². The molecule has 2 N–H and O–H groups in total. The van der Waals surface area contributed by atoms with Crippen LogP contribution in [0.2, 0.25) is 0 Å². The predicted molar refractivity (Wildman–Crippen MR) is 101 cm³/mol. The number of carbonyl (C=O) groups is 3. The van der Waals surface area contributed by atoms with E-state index in [9.17, 15) is 27.6 Å². The lowest BCUT2D eigenvalue weighted by Gasteiger charge is -2.19. The third kappa shape index (κ3) is 4.74. The molecule has 0 aromatic heterocycles. The van der Waals surface area contributed by atoms with Crippen LogP contribution in [0, 0.1) is 6.92 Å². The van der Waals surface area contributed by atoms with Gasteiger partial charge in [-0.25, -0.2) is 0 Å². The maximum atomic E-state index is 12.7. The van der Waals surface area contributed by atoms with Crippen molar-refractivity contribution in [1.29, 1.82) is 0 Å². The predicted octanol–water partition coefficient (Wildman–Crippen LogP) is 3.72. The number of hydrogen-bond acceptors (Lipinski definition) is 3. The van der Waals surface area contributed by atoms with Crippen molar-refractivity contribution in [3.63, 3.8) is 0 Å². The summed E-state index contributed by atoms with van der Waals surface area (Å²) in [6.07, 6.45) is -3.28. The largest absolute Gasteiger partial charge is 0.416 e. The van der Waals surface area contributed by atoms with E-state index >= 15 is 0 Å². The first kappa shape index (κ1) is 20.4. The van der Waals surface area contributed by atoms with E-state index in [1.165, 1.54) is 6.07 Å². The molecular formula is C20H18F3N3O3. The van der Waals surface area contributed by atoms with Crippen molar-refractivity contribution in [2.75, 3.05) is 22.1 Å². The van der Waals surface area contributed by atoms with Crippen LogP contribution in [0.3, 0.4) is 0 Å². The van der Waals surface area contributed by atoms with Crippen LogP contribution in [-0.4, -0.2) is 24.3 Å². The fraction of sp³-hybridized carbons (Fsp3) is 0.250. The molecule has 1 heterocycles. The zero-order valence-corrected chi connectivity index (χ0v) is 15.5. The van der Waals surface area contributed by atoms with Crippen LogP contribution in [0.5, 0.6) is 0 Å². The van der Waals surface area contributed by atoms with Crippen LogP contribution in [0.4, 0.5) is 30.2 Å². The van der Waals surface area contributed by atoms with Gasteiger partial charge in [0.15, 0.2) is 0 Å². The van der Waals surface area contributed by atoms with Crippen molar-refractivity contribution in [3.05, 3.63) is 53.6 Å². The minimum Gasteiger partial charge on any atom is -0.318 e. The molecule has 3 amide bonds. The van der Waals surface area contributed by atoms with Crippen LogP contribution >= 0.6 is 0 Å². The van der Waals surface area contributed by atoms with Crippen molar-refractivity contribution in [1.82, 2.24) is 0 Å². The Bertz CT molecular complexity index is 973. The van der Waals surface area contributed by atoms with Crippen molar-refractivity contribution in [3.8, 4) is 0 Å². The molecule has 0 radical (unpaired) electrons. The fourth-order valence-electron chi connectivity index (χ4n) is 3.09. The van der Waals surface area contributed by atoms with Gasteiger partial charge in [-0.05, 0) is 55.3 Å². The van der Waals surface area contributed by atoms with E-state index in [4.69, 9.17) is 0 Å². The minimum atomic E-state index is -4.56. The molecular weight excluding hydrogens is 387 g/mol. The summed E-state index contributed by atoms with van der Waals surface area (Å²) in [5, 5.41) is 4.55. The van der Waals surface area contributed by atoms with Crippen molar-refractivity contribution >= 4 is 34.8 Å². The summed E-state index contributed by atoms with van der Waals surface area (Å²) in [5.74, 6) is -2.09. The Kier molecular flexibility index (Phi) is 5.58. The molecule has 6 nitrogen and oxygen atoms in total. The van der Waals surface area contributed by atoms with E-state index in [1.807, 2.05) is 0 Å². The first-order chi connectivity index (χ1) is 13.6. The van der Waals surface area contributed by atoms with E-state index in [0.29, 0.717) is 18.7 Å². The average molecular weight is 405 g/mol. The zero-order chi connectivity index (χ0) is 21.2. The highest BCUT2D eigenvalue weighted by molar-refractivity contribution is 6.43. The molecule has 1 fully saturated rings. The number of hydrogen-bond donors (Lipinski definition) is 2. The molecule has 0 unspecified atom stereocenters. The molecule has 0 aliphatic carbocycles. The van der Waals surface area contributed by atoms with E-state index < -0.39 is 23.6 Å². The lowest BCUT2D eigenvalue weighted by atomic mass is 10.1. The molecule has 1 aliphatic heterocycles. The smallest absolute Gasteiger partial charge is 0.318 e. The average Bonchev–Trinajstić information content (AvgIpc) is 3.07. The van der Waals surface area contributed by atoms with Gasteiger partial charge in [0, 0.05) is 30.0 Å². The Morgan fingerprint density at radius 3 is 2.21 bits per heavy atom. The van der Waals surface area contributed by atoms with Crippen molar-refractivity contribution < 1.29 is 27.6 Å². The van der Waals surface area contributed by atoms with Gasteiger partial charge in [-0.3, -0.25) is 14.4 Å². The summed E-state index contributed by atoms with van der Waals surface area (Å²) in [7, 11) is 0. The Balaban J connectivity index is 1.66. The quantitative estimate of drug-likeness (QED) is 0.764. The van der Waals surface area contributed by atoms with Gasteiger partial charge in [0.1, 0.15) is 0 Å². The molecule has 2 aromatic rings. The van der Waals surface area contributed by atoms with Crippen molar-refractivity contribution in [2.24, 2.45) is 0 Å². The second kappa shape index (κ2) is 7.94. The lowest BCUT2D eigenvalue weighted by Crippen LogP contribution is -2.29. The van der Waals surface area contributed by atoms with Gasteiger partial charge in [0.2, 0.25) is 5.91 Å². The highest BCUT2D eigenvalue weighted by atomic mass is 19.4. The number of aryl methyl sites for hydroxylation is 1. The number of alkyl halides is 3. The Morgan fingerprint density at radius 1 is 1.00 bits per heavy atom. The second-order valence-electron chi connectivity index (χ2n) is 6.64. The SMILES string of the molecule is Cc1cc(NC(=O)C(=O)Nc2cccc(C(F)(F)F)c2)ccc1N1CCCC1=O. The summed E-state index contributed by atoms with van der Waals surface area (Å²) in [5.41, 5.74) is 0.745. The van der Waals surface area contributed by atoms with Crippen LogP contribution in [-0.2, 0) is 20.6 Å². The molecule has 3 rings (SSSR count). The van der Waals surface area contributed by atoms with Gasteiger partial charge in [-0.15, -0.1) is 0 Å². The Morgan fingerprint density at radius 2 is 1.66 bits per heavy atom. The molecule has 0 bridgehead atoms. The highest BCUT2D eigenvalue weighted by Crippen LogP contribution is 2.31. The molecule has 0 atom stereocenters. The normalized spacial score (nSPS) is 14.1. The first-order valence-corrected chi connectivity index (χ1v) is 8.86. The standard InChI is InChI=1S/C20H18F3N3O3/c1-12-10-15(7-8-16(12)26-9-3-6-17(26)27)25-19(29)18(28)24-14-5-2-4-13(11-14)20(21,22)23/h2,4-5,7-8,10-11H,3,6,9H2,1H3,(H,24,28)(H,25,29). The lowest BCUT2D eigenvalue weighted by molar-refractivity contribution is -0.137. The highest BCUT2D eigenvalue weighted by Gasteiger charge is 2.30. The van der Waals surface area contributed by atoms with Gasteiger partial charge in [-0.2, -0.15) is 13.2 Å². The van der Waals surface area contributed by atoms with Crippen LogP contribution in [0.1, 0.15) is 24.0 Å². The number of benzene rings is 2. The third-order valence-corrected chi connectivity index (χ3v) is 4.47. The third-order valence-electron chi connectivity index (χ3n) is 4.47. The van der Waals surface area contributed by atoms with E-state index in [2.05, 4.69) is 10.6 Å². The topological polar surface area (TPSA) is 78.5 Å². The minimum absolute atomic E-state index is 0.0327. The molecule has 1 aliphatic rings. The molecule has 2 aromatic carbocycles. The number of halogens is 3. The summed E-state index contributed by atoms with van der Waals surface area (Å²) >= 11 is 0. The summed E-state index contributed by atoms with van der Waals surface area (Å²) < 4.78 is 38.2. The van der Waals surface area contributed by atoms with Crippen LogP contribution < -0.4 is 15.5 Å². The monoisotopic (exact) mass is 405 g/mol. The molecule has 152 valence electrons. The number of anilines is 3. The van der Waals surface area contributed by atoms with E-state index in [-0.39, 0.29) is 11.6 Å². The number of nitrogens with one attached hydrogen (secondary N) is 2. The molecule has 9 heteroatoms.